The molecule has 0 saturated carbocycles. The van der Waals surface area contributed by atoms with E-state index in [0.717, 1.165) is 12.8 Å². The maximum Gasteiger partial charge on any atom is 0.349 e. The van der Waals surface area contributed by atoms with Crippen molar-refractivity contribution in [2.45, 2.75) is 46.6 Å². The molecule has 0 aliphatic rings. The predicted molar refractivity (Wildman–Crippen MR) is 80.7 cm³/mol. The number of furan rings is 1. The monoisotopic (exact) mass is 312 g/mol. The van der Waals surface area contributed by atoms with E-state index in [9.17, 15) is 15.0 Å². The van der Waals surface area contributed by atoms with Crippen LogP contribution in [0.25, 0.3) is 0 Å². The lowest BCUT2D eigenvalue weighted by Gasteiger charge is -2.10. The molecule has 6 nitrogen and oxygen atoms in total. The van der Waals surface area contributed by atoms with Crippen LogP contribution in [0, 0.1) is 5.92 Å². The summed E-state index contributed by atoms with van der Waals surface area (Å²) in [4.78, 5) is 11.8. The quantitative estimate of drug-likeness (QED) is 0.504. The number of carbonyl (C=O) groups excluding carboxylic acids is 1. The van der Waals surface area contributed by atoms with Gasteiger partial charge in [-0.3, -0.25) is 0 Å². The van der Waals surface area contributed by atoms with Crippen molar-refractivity contribution in [1.29, 1.82) is 0 Å². The predicted octanol–water partition coefficient (Wildman–Crippen LogP) is 3.11. The topological polar surface area (TPSA) is 100 Å². The van der Waals surface area contributed by atoms with Crippen LogP contribution in [0.1, 0.15) is 56.2 Å². The molecule has 3 N–H and O–H groups in total. The number of carbonyl (C=O) groups is 1. The fraction of sp³-hybridized carbons (Fsp3) is 0.562. The fourth-order valence-corrected chi connectivity index (χ4v) is 1.97. The van der Waals surface area contributed by atoms with Crippen LogP contribution < -0.4 is 0 Å². The maximum absolute atomic E-state index is 11.8. The lowest BCUT2D eigenvalue weighted by Crippen LogP contribution is -2.09. The first-order valence-corrected chi connectivity index (χ1v) is 7.31. The lowest BCUT2D eigenvalue weighted by molar-refractivity contribution is 0.0475. The van der Waals surface area contributed by atoms with Gasteiger partial charge < -0.3 is 24.5 Å². The first-order chi connectivity index (χ1) is 10.4. The average molecular weight is 312 g/mol. The Morgan fingerprint density at radius 3 is 2.55 bits per heavy atom. The smallest absolute Gasteiger partial charge is 0.349 e. The molecule has 0 radical (unpaired) electrons. The molecule has 1 atom stereocenters. The van der Waals surface area contributed by atoms with Gasteiger partial charge in [0.05, 0.1) is 6.61 Å². The van der Waals surface area contributed by atoms with Crippen LogP contribution in [0.5, 0.6) is 11.7 Å². The van der Waals surface area contributed by atoms with E-state index in [2.05, 4.69) is 31.3 Å². The number of rotatable bonds is 8. The van der Waals surface area contributed by atoms with E-state index in [1.165, 1.54) is 5.57 Å². The Hall–Kier alpha value is -1.95. The van der Waals surface area contributed by atoms with Crippen LogP contribution in [0.3, 0.4) is 0 Å². The summed E-state index contributed by atoms with van der Waals surface area (Å²) in [5.74, 6) is -2.07. The van der Waals surface area contributed by atoms with Gasteiger partial charge in [0.15, 0.2) is 17.1 Å². The second-order valence-corrected chi connectivity index (χ2v) is 5.60. The molecular weight excluding hydrogens is 288 g/mol. The van der Waals surface area contributed by atoms with Crippen molar-refractivity contribution in [2.24, 2.45) is 5.92 Å². The van der Waals surface area contributed by atoms with E-state index in [0.29, 0.717) is 12.3 Å². The molecule has 22 heavy (non-hydrogen) atoms. The van der Waals surface area contributed by atoms with Gasteiger partial charge in [-0.05, 0) is 39.0 Å². The van der Waals surface area contributed by atoms with Gasteiger partial charge in [0.2, 0.25) is 0 Å². The molecule has 0 aliphatic carbocycles. The largest absolute Gasteiger partial charge is 0.504 e. The van der Waals surface area contributed by atoms with E-state index in [1.54, 1.807) is 0 Å². The van der Waals surface area contributed by atoms with Crippen molar-refractivity contribution in [3.8, 4) is 11.7 Å². The van der Waals surface area contributed by atoms with Crippen molar-refractivity contribution in [1.82, 2.24) is 0 Å². The SMILES string of the molecule is CC(C)=CCCC(C)CCOC(=O)c1c(O)oc(CO)c1O. The minimum absolute atomic E-state index is 0.188. The Morgan fingerprint density at radius 1 is 1.32 bits per heavy atom. The molecule has 0 aromatic carbocycles. The van der Waals surface area contributed by atoms with Crippen molar-refractivity contribution in [3.05, 3.63) is 23.0 Å². The third-order valence-electron chi connectivity index (χ3n) is 3.34. The van der Waals surface area contributed by atoms with Crippen molar-refractivity contribution >= 4 is 5.97 Å². The number of ether oxygens (including phenoxy) is 1. The number of aromatic hydroxyl groups is 2. The van der Waals surface area contributed by atoms with Crippen LogP contribution in [-0.2, 0) is 11.3 Å². The summed E-state index contributed by atoms with van der Waals surface area (Å²) in [7, 11) is 0. The third-order valence-corrected chi connectivity index (χ3v) is 3.34. The van der Waals surface area contributed by atoms with Gasteiger partial charge in [0.25, 0.3) is 0 Å². The summed E-state index contributed by atoms with van der Waals surface area (Å²) in [6.07, 6.45) is 4.84. The van der Waals surface area contributed by atoms with Crippen LogP contribution >= 0.6 is 0 Å². The molecule has 0 saturated heterocycles. The number of esters is 1. The standard InChI is InChI=1S/C16H24O6/c1-10(2)5-4-6-11(3)7-8-21-15(19)13-14(18)12(9-17)22-16(13)20/h5,11,17-18,20H,4,6-9H2,1-3H3. The van der Waals surface area contributed by atoms with Crippen LogP contribution in [0.2, 0.25) is 0 Å². The van der Waals surface area contributed by atoms with E-state index >= 15 is 0 Å². The Labute approximate surface area is 130 Å². The van der Waals surface area contributed by atoms with Gasteiger partial charge in [-0.15, -0.1) is 0 Å². The van der Waals surface area contributed by atoms with Gasteiger partial charge in [-0.1, -0.05) is 18.6 Å². The molecule has 6 heteroatoms. The number of hydrogen-bond donors (Lipinski definition) is 3. The summed E-state index contributed by atoms with van der Waals surface area (Å²) < 4.78 is 9.70. The maximum atomic E-state index is 11.8. The van der Waals surface area contributed by atoms with Gasteiger partial charge in [0.1, 0.15) is 6.61 Å². The number of aliphatic hydroxyl groups excluding tert-OH is 1. The minimum Gasteiger partial charge on any atom is -0.504 e. The number of allylic oxidation sites excluding steroid dienone is 2. The molecular formula is C16H24O6. The highest BCUT2D eigenvalue weighted by Crippen LogP contribution is 2.34. The highest BCUT2D eigenvalue weighted by atomic mass is 16.5. The van der Waals surface area contributed by atoms with Gasteiger partial charge in [-0.25, -0.2) is 4.79 Å². The van der Waals surface area contributed by atoms with Gasteiger partial charge >= 0.3 is 11.9 Å². The second-order valence-electron chi connectivity index (χ2n) is 5.60. The Bertz CT molecular complexity index is 525. The fourth-order valence-electron chi connectivity index (χ4n) is 1.97. The van der Waals surface area contributed by atoms with E-state index in [4.69, 9.17) is 9.84 Å². The summed E-state index contributed by atoms with van der Waals surface area (Å²) in [5.41, 5.74) is 0.838. The van der Waals surface area contributed by atoms with Crippen molar-refractivity contribution in [3.63, 3.8) is 0 Å². The molecule has 0 amide bonds. The normalized spacial score (nSPS) is 12.0. The summed E-state index contributed by atoms with van der Waals surface area (Å²) in [5, 5.41) is 28.0. The van der Waals surface area contributed by atoms with E-state index < -0.39 is 29.8 Å². The Balaban J connectivity index is 2.44. The Kier molecular flexibility index (Phi) is 6.98. The third kappa shape index (κ3) is 5.11. The number of hydrogen-bond acceptors (Lipinski definition) is 6. The molecule has 124 valence electrons. The molecule has 1 rings (SSSR count). The lowest BCUT2D eigenvalue weighted by atomic mass is 10.0. The highest BCUT2D eigenvalue weighted by Gasteiger charge is 2.26. The van der Waals surface area contributed by atoms with Crippen LogP contribution in [0.15, 0.2) is 16.1 Å². The first kappa shape index (κ1) is 18.1. The molecule has 0 fully saturated rings. The van der Waals surface area contributed by atoms with Crippen molar-refractivity contribution < 1.29 is 29.3 Å². The molecule has 1 unspecified atom stereocenters. The summed E-state index contributed by atoms with van der Waals surface area (Å²) in [6.45, 7) is 5.75. The molecule has 1 aromatic rings. The molecule has 0 spiro atoms. The van der Waals surface area contributed by atoms with Gasteiger partial charge in [-0.2, -0.15) is 0 Å². The van der Waals surface area contributed by atoms with Crippen LogP contribution in [-0.4, -0.2) is 27.9 Å². The first-order valence-electron chi connectivity index (χ1n) is 7.31. The zero-order chi connectivity index (χ0) is 16.7. The molecule has 1 heterocycles. The zero-order valence-electron chi connectivity index (χ0n) is 13.3. The summed E-state index contributed by atoms with van der Waals surface area (Å²) in [6, 6.07) is 0. The molecule has 0 bridgehead atoms. The van der Waals surface area contributed by atoms with Gasteiger partial charge in [0, 0.05) is 0 Å². The number of aliphatic hydroxyl groups is 1. The van der Waals surface area contributed by atoms with E-state index in [-0.39, 0.29) is 12.4 Å². The van der Waals surface area contributed by atoms with Crippen LogP contribution in [0.4, 0.5) is 0 Å². The zero-order valence-corrected chi connectivity index (χ0v) is 13.3. The van der Waals surface area contributed by atoms with E-state index in [1.807, 2.05) is 0 Å². The highest BCUT2D eigenvalue weighted by molar-refractivity contribution is 5.95. The summed E-state index contributed by atoms with van der Waals surface area (Å²) >= 11 is 0. The average Bonchev–Trinajstić information content (AvgIpc) is 2.72. The molecule has 0 aliphatic heterocycles. The Morgan fingerprint density at radius 2 is 2.00 bits per heavy atom. The van der Waals surface area contributed by atoms with Crippen molar-refractivity contribution in [2.75, 3.05) is 6.61 Å². The minimum atomic E-state index is -0.866. The molecule has 1 aromatic heterocycles. The second kappa shape index (κ2) is 8.48.